The smallest absolute Gasteiger partial charge is 0.352 e. The average molecular weight is 416 g/mol. The molecule has 2 aliphatic heterocycles. The van der Waals surface area contributed by atoms with Gasteiger partial charge >= 0.3 is 5.97 Å². The van der Waals surface area contributed by atoms with Gasteiger partial charge in [-0.3, -0.25) is 14.5 Å². The number of hydrogen-bond acceptors (Lipinski definition) is 9. The van der Waals surface area contributed by atoms with Crippen molar-refractivity contribution >= 4 is 52.6 Å². The topological polar surface area (TPSA) is 130 Å². The molecule has 0 aromatic carbocycles. The van der Waals surface area contributed by atoms with Crippen LogP contribution in [0.25, 0.3) is 0 Å². The molecule has 2 atom stereocenters. The molecular formula is C14H17N5O4S3. The first kappa shape index (κ1) is 19.1. The number of fused-ring (bicyclic) bond motifs is 1. The minimum Gasteiger partial charge on any atom is -0.477 e. The van der Waals surface area contributed by atoms with Crippen molar-refractivity contribution in [1.82, 2.24) is 20.0 Å². The summed E-state index contributed by atoms with van der Waals surface area (Å²) in [6.45, 7) is 0. The largest absolute Gasteiger partial charge is 0.477 e. The second-order valence-electron chi connectivity index (χ2n) is 5.91. The Labute approximate surface area is 162 Å². The van der Waals surface area contributed by atoms with Crippen LogP contribution in [0.2, 0.25) is 0 Å². The van der Waals surface area contributed by atoms with Crippen molar-refractivity contribution in [2.45, 2.75) is 22.2 Å². The fourth-order valence-electron chi connectivity index (χ4n) is 2.50. The zero-order valence-corrected chi connectivity index (χ0v) is 16.5. The first-order valence-electron chi connectivity index (χ1n) is 7.60. The second kappa shape index (κ2) is 7.55. The predicted molar refractivity (Wildman–Crippen MR) is 98.8 cm³/mol. The number of carbonyl (C=O) groups is 3. The normalized spacial score (nSPS) is 22.1. The minimum atomic E-state index is -1.12. The molecule has 1 aromatic heterocycles. The molecule has 0 aliphatic carbocycles. The first-order valence-corrected chi connectivity index (χ1v) is 10.5. The van der Waals surface area contributed by atoms with Crippen LogP contribution < -0.4 is 5.73 Å². The number of carboxylic acid groups (broad SMARTS) is 1. The van der Waals surface area contributed by atoms with Gasteiger partial charge in [-0.25, -0.2) is 4.79 Å². The fraction of sp³-hybridized carbons (Fsp3) is 0.500. The monoisotopic (exact) mass is 415 g/mol. The Morgan fingerprint density at radius 1 is 1.42 bits per heavy atom. The number of carbonyl (C=O) groups excluding carboxylic acids is 2. The molecule has 1 saturated heterocycles. The molecule has 12 heteroatoms. The predicted octanol–water partition coefficient (Wildman–Crippen LogP) is -0.158. The Morgan fingerprint density at radius 3 is 2.81 bits per heavy atom. The molecule has 3 N–H and O–H groups in total. The van der Waals surface area contributed by atoms with Gasteiger partial charge in [0.1, 0.15) is 22.1 Å². The third kappa shape index (κ3) is 3.59. The van der Waals surface area contributed by atoms with Gasteiger partial charge in [-0.05, 0) is 5.57 Å². The molecule has 2 amide bonds. The van der Waals surface area contributed by atoms with Gasteiger partial charge in [0.15, 0.2) is 4.34 Å². The lowest BCUT2D eigenvalue weighted by Crippen LogP contribution is -2.68. The summed E-state index contributed by atoms with van der Waals surface area (Å²) in [6, 6.07) is -0.636. The molecule has 0 bridgehead atoms. The molecular weight excluding hydrogens is 398 g/mol. The highest BCUT2D eigenvalue weighted by atomic mass is 32.2. The summed E-state index contributed by atoms with van der Waals surface area (Å²) < 4.78 is 0.655. The van der Waals surface area contributed by atoms with E-state index in [9.17, 15) is 19.5 Å². The van der Waals surface area contributed by atoms with Gasteiger partial charge < -0.3 is 15.7 Å². The number of nitrogens with zero attached hydrogens (tertiary/aromatic N) is 4. The number of aliphatic carboxylic acids is 1. The van der Waals surface area contributed by atoms with Crippen LogP contribution in [0.4, 0.5) is 0 Å². The number of hydrogen-bond donors (Lipinski definition) is 2. The quantitative estimate of drug-likeness (QED) is 0.481. The molecule has 140 valence electrons. The number of nitrogens with two attached hydrogens (primary N) is 1. The lowest BCUT2D eigenvalue weighted by molar-refractivity contribution is -0.147. The standard InChI is InChI=1S/C14H17N5O4S3/c1-18(2)8(20)3-7-16-17-14(26-7)25-5-6-4-24-12-9(15)11(21)19(12)10(6)13(22)23/h9,12H,3-5,15H2,1-2H3,(H,22,23)/t9?,12-/m1/s1. The highest BCUT2D eigenvalue weighted by Gasteiger charge is 2.51. The molecule has 0 radical (unpaired) electrons. The van der Waals surface area contributed by atoms with Crippen molar-refractivity contribution in [1.29, 1.82) is 0 Å². The minimum absolute atomic E-state index is 0.0282. The Kier molecular flexibility index (Phi) is 5.55. The van der Waals surface area contributed by atoms with Crippen molar-refractivity contribution < 1.29 is 19.5 Å². The Balaban J connectivity index is 1.69. The van der Waals surface area contributed by atoms with Crippen molar-refractivity contribution in [2.24, 2.45) is 5.73 Å². The molecule has 2 aliphatic rings. The SMILES string of the molecule is CN(C)C(=O)Cc1nnc(SCC2=C(C(=O)O)N3C(=O)C(N)[C@H]3SC2)s1. The van der Waals surface area contributed by atoms with Crippen molar-refractivity contribution in [3.8, 4) is 0 Å². The fourth-order valence-corrected chi connectivity index (χ4v) is 5.81. The van der Waals surface area contributed by atoms with Crippen LogP contribution in [-0.4, -0.2) is 79.9 Å². The number of likely N-dealkylation sites (N-methyl/N-ethyl adjacent to an activating group) is 1. The van der Waals surface area contributed by atoms with Gasteiger partial charge in [0, 0.05) is 25.6 Å². The van der Waals surface area contributed by atoms with Crippen molar-refractivity contribution in [2.75, 3.05) is 25.6 Å². The van der Waals surface area contributed by atoms with E-state index in [1.165, 1.54) is 44.7 Å². The summed E-state index contributed by atoms with van der Waals surface area (Å²) in [4.78, 5) is 38.0. The van der Waals surface area contributed by atoms with Crippen molar-refractivity contribution in [3.63, 3.8) is 0 Å². The van der Waals surface area contributed by atoms with Gasteiger partial charge in [-0.2, -0.15) is 0 Å². The van der Waals surface area contributed by atoms with E-state index in [-0.39, 0.29) is 29.3 Å². The van der Waals surface area contributed by atoms with E-state index in [4.69, 9.17) is 5.73 Å². The second-order valence-corrected chi connectivity index (χ2v) is 9.30. The van der Waals surface area contributed by atoms with E-state index in [0.29, 0.717) is 26.4 Å². The van der Waals surface area contributed by atoms with Gasteiger partial charge in [0.2, 0.25) is 11.8 Å². The molecule has 3 rings (SSSR count). The summed E-state index contributed by atoms with van der Waals surface area (Å²) in [5, 5.41) is 17.9. The van der Waals surface area contributed by atoms with Crippen molar-refractivity contribution in [3.05, 3.63) is 16.3 Å². The summed E-state index contributed by atoms with van der Waals surface area (Å²) in [5.74, 6) is -0.655. The molecule has 1 aromatic rings. The van der Waals surface area contributed by atoms with Gasteiger partial charge in [-0.15, -0.1) is 22.0 Å². The zero-order chi connectivity index (χ0) is 19.0. The van der Waals surface area contributed by atoms with E-state index >= 15 is 0 Å². The molecule has 1 fully saturated rings. The van der Waals surface area contributed by atoms with Crippen LogP contribution in [-0.2, 0) is 20.8 Å². The molecule has 26 heavy (non-hydrogen) atoms. The van der Waals surface area contributed by atoms with E-state index in [0.717, 1.165) is 0 Å². The third-order valence-corrected chi connectivity index (χ3v) is 7.41. The maximum atomic E-state index is 11.9. The molecule has 9 nitrogen and oxygen atoms in total. The maximum absolute atomic E-state index is 11.9. The van der Waals surface area contributed by atoms with Crippen LogP contribution in [0, 0.1) is 0 Å². The van der Waals surface area contributed by atoms with E-state index in [1.54, 1.807) is 14.1 Å². The number of rotatable bonds is 6. The highest BCUT2D eigenvalue weighted by Crippen LogP contribution is 2.40. The Bertz CT molecular complexity index is 793. The van der Waals surface area contributed by atoms with Gasteiger partial charge in [-0.1, -0.05) is 23.1 Å². The first-order chi connectivity index (χ1) is 12.3. The van der Waals surface area contributed by atoms with Gasteiger partial charge in [0.05, 0.1) is 6.42 Å². The van der Waals surface area contributed by atoms with E-state index < -0.39 is 12.0 Å². The third-order valence-electron chi connectivity index (χ3n) is 3.91. The van der Waals surface area contributed by atoms with Crippen LogP contribution in [0.15, 0.2) is 15.6 Å². The number of aromatic nitrogens is 2. The van der Waals surface area contributed by atoms with E-state index in [1.807, 2.05) is 0 Å². The average Bonchev–Trinajstić information content (AvgIpc) is 3.05. The summed E-state index contributed by atoms with van der Waals surface area (Å²) in [5.41, 5.74) is 6.42. The Hall–Kier alpha value is -1.63. The molecule has 0 spiro atoms. The summed E-state index contributed by atoms with van der Waals surface area (Å²) in [7, 11) is 3.35. The van der Waals surface area contributed by atoms with Crippen LogP contribution in [0.3, 0.4) is 0 Å². The molecule has 1 unspecified atom stereocenters. The number of β-lactam (4-membered cyclic amide) rings is 1. The lowest BCUT2D eigenvalue weighted by atomic mass is 10.0. The zero-order valence-electron chi connectivity index (χ0n) is 14.0. The Morgan fingerprint density at radius 2 is 2.15 bits per heavy atom. The number of carboxylic acids is 1. The van der Waals surface area contributed by atoms with Gasteiger partial charge in [0.25, 0.3) is 0 Å². The summed E-state index contributed by atoms with van der Waals surface area (Å²) >= 11 is 4.13. The molecule has 3 heterocycles. The van der Waals surface area contributed by atoms with Crippen LogP contribution in [0.1, 0.15) is 5.01 Å². The maximum Gasteiger partial charge on any atom is 0.352 e. The van der Waals surface area contributed by atoms with Crippen LogP contribution in [0.5, 0.6) is 0 Å². The number of amides is 2. The summed E-state index contributed by atoms with van der Waals surface area (Å²) in [6.07, 6.45) is 0.187. The lowest BCUT2D eigenvalue weighted by Gasteiger charge is -2.48. The van der Waals surface area contributed by atoms with Crippen LogP contribution >= 0.6 is 34.9 Å². The molecule has 0 saturated carbocycles. The number of thioether (sulfide) groups is 2. The van der Waals surface area contributed by atoms with E-state index in [2.05, 4.69) is 10.2 Å². The highest BCUT2D eigenvalue weighted by molar-refractivity contribution is 8.01.